The van der Waals surface area contributed by atoms with Gasteiger partial charge in [0.1, 0.15) is 17.6 Å². The first-order valence-corrected chi connectivity index (χ1v) is 11.3. The smallest absolute Gasteiger partial charge is 0.235 e. The number of amides is 1. The van der Waals surface area contributed by atoms with Crippen molar-refractivity contribution >= 4 is 22.5 Å². The number of nitriles is 1. The number of pyridine rings is 1. The van der Waals surface area contributed by atoms with Gasteiger partial charge in [-0.25, -0.2) is 4.98 Å². The van der Waals surface area contributed by atoms with Crippen LogP contribution in [0, 0.1) is 11.3 Å². The summed E-state index contributed by atoms with van der Waals surface area (Å²) in [5.74, 6) is 0.894. The van der Waals surface area contributed by atoms with E-state index in [9.17, 15) is 9.00 Å². The number of aromatic nitrogens is 1. The van der Waals surface area contributed by atoms with Crippen LogP contribution in [0.1, 0.15) is 36.1 Å². The van der Waals surface area contributed by atoms with Gasteiger partial charge in [0.05, 0.1) is 10.8 Å². The Morgan fingerprint density at radius 3 is 2.48 bits per heavy atom. The van der Waals surface area contributed by atoms with Gasteiger partial charge in [-0.1, -0.05) is 30.3 Å². The van der Waals surface area contributed by atoms with E-state index in [2.05, 4.69) is 16.0 Å². The molecule has 3 unspecified atom stereocenters. The number of rotatable bonds is 5. The van der Waals surface area contributed by atoms with Crippen molar-refractivity contribution in [2.24, 2.45) is 0 Å². The molecule has 2 fully saturated rings. The summed E-state index contributed by atoms with van der Waals surface area (Å²) < 4.78 is 12.7. The zero-order chi connectivity index (χ0) is 20.4. The molecule has 4 rings (SSSR count). The predicted octanol–water partition coefficient (Wildman–Crippen LogP) is 2.64. The first-order chi connectivity index (χ1) is 14.1. The summed E-state index contributed by atoms with van der Waals surface area (Å²) in [4.78, 5) is 21.5. The van der Waals surface area contributed by atoms with E-state index in [4.69, 9.17) is 5.26 Å². The van der Waals surface area contributed by atoms with Gasteiger partial charge in [0.2, 0.25) is 5.91 Å². The van der Waals surface area contributed by atoms with Crippen LogP contribution in [0.15, 0.2) is 48.7 Å². The molecule has 0 N–H and O–H groups in total. The van der Waals surface area contributed by atoms with Crippen molar-refractivity contribution in [1.82, 2.24) is 9.88 Å². The second-order valence-corrected chi connectivity index (χ2v) is 9.44. The molecule has 2 saturated heterocycles. The van der Waals surface area contributed by atoms with Crippen molar-refractivity contribution in [3.8, 4) is 6.07 Å². The Balaban J connectivity index is 1.40. The molecule has 29 heavy (non-hydrogen) atoms. The number of likely N-dealkylation sites (tertiary alicyclic amines) is 1. The maximum Gasteiger partial charge on any atom is 0.235 e. The second kappa shape index (κ2) is 8.34. The van der Waals surface area contributed by atoms with Crippen LogP contribution in [0.5, 0.6) is 0 Å². The molecule has 1 amide bonds. The van der Waals surface area contributed by atoms with Gasteiger partial charge in [-0.2, -0.15) is 5.26 Å². The minimum absolute atomic E-state index is 0.0320. The molecule has 1 aromatic carbocycles. The van der Waals surface area contributed by atoms with Crippen molar-refractivity contribution < 1.29 is 9.00 Å². The SMILES string of the molecule is CC(c1ccccc1)S(=O)CC(=O)N1CC2CC[C@@H](C1)N2c1ccc(C#N)cn1. The number of anilines is 1. The number of fused-ring (bicyclic) bond motifs is 2. The van der Waals surface area contributed by atoms with Gasteiger partial charge in [0.25, 0.3) is 0 Å². The molecule has 2 aromatic rings. The van der Waals surface area contributed by atoms with E-state index in [1.807, 2.05) is 48.2 Å². The van der Waals surface area contributed by atoms with Gasteiger partial charge >= 0.3 is 0 Å². The number of nitrogens with zero attached hydrogens (tertiary/aromatic N) is 4. The number of carbonyl (C=O) groups excluding carboxylic acids is 1. The van der Waals surface area contributed by atoms with Gasteiger partial charge in [0, 0.05) is 42.2 Å². The fraction of sp³-hybridized carbons (Fsp3) is 0.409. The highest BCUT2D eigenvalue weighted by molar-refractivity contribution is 7.86. The fourth-order valence-corrected chi connectivity index (χ4v) is 5.44. The van der Waals surface area contributed by atoms with Crippen molar-refractivity contribution in [2.75, 3.05) is 23.7 Å². The quantitative estimate of drug-likeness (QED) is 0.760. The molecule has 2 bridgehead atoms. The maximum absolute atomic E-state index is 12.9. The molecule has 3 heterocycles. The van der Waals surface area contributed by atoms with E-state index < -0.39 is 10.8 Å². The lowest BCUT2D eigenvalue weighted by Gasteiger charge is -2.41. The molecule has 0 saturated carbocycles. The van der Waals surface area contributed by atoms with Crippen LogP contribution < -0.4 is 4.90 Å². The number of carbonyl (C=O) groups is 1. The summed E-state index contributed by atoms with van der Waals surface area (Å²) in [6, 6.07) is 15.9. The Labute approximate surface area is 173 Å². The lowest BCUT2D eigenvalue weighted by atomic mass is 10.1. The monoisotopic (exact) mass is 408 g/mol. The van der Waals surface area contributed by atoms with E-state index in [0.717, 1.165) is 24.2 Å². The third kappa shape index (κ3) is 4.03. The molecule has 0 spiro atoms. The fourth-order valence-electron chi connectivity index (χ4n) is 4.30. The van der Waals surface area contributed by atoms with Gasteiger partial charge in [-0.15, -0.1) is 0 Å². The van der Waals surface area contributed by atoms with Gasteiger partial charge in [-0.3, -0.25) is 9.00 Å². The van der Waals surface area contributed by atoms with E-state index in [1.54, 1.807) is 12.3 Å². The summed E-state index contributed by atoms with van der Waals surface area (Å²) in [7, 11) is -1.25. The summed E-state index contributed by atoms with van der Waals surface area (Å²) in [6.07, 6.45) is 3.62. The van der Waals surface area contributed by atoms with Crippen LogP contribution in [0.3, 0.4) is 0 Å². The summed E-state index contributed by atoms with van der Waals surface area (Å²) in [5, 5.41) is 8.80. The first kappa shape index (κ1) is 19.6. The van der Waals surface area contributed by atoms with Gasteiger partial charge in [0.15, 0.2) is 0 Å². The number of benzene rings is 1. The summed E-state index contributed by atoms with van der Waals surface area (Å²) >= 11 is 0. The Bertz CT molecular complexity index is 928. The average Bonchev–Trinajstić information content (AvgIpc) is 3.02. The zero-order valence-corrected chi connectivity index (χ0v) is 17.2. The minimum Gasteiger partial charge on any atom is -0.347 e. The largest absolute Gasteiger partial charge is 0.347 e. The lowest BCUT2D eigenvalue weighted by molar-refractivity contribution is -0.129. The van der Waals surface area contributed by atoms with E-state index in [1.165, 1.54) is 0 Å². The van der Waals surface area contributed by atoms with Crippen molar-refractivity contribution in [3.05, 3.63) is 59.8 Å². The van der Waals surface area contributed by atoms with Crippen molar-refractivity contribution in [3.63, 3.8) is 0 Å². The Hall–Kier alpha value is -2.72. The molecule has 150 valence electrons. The maximum atomic E-state index is 12.9. The van der Waals surface area contributed by atoms with Crippen molar-refractivity contribution in [2.45, 2.75) is 37.1 Å². The zero-order valence-electron chi connectivity index (χ0n) is 16.4. The molecule has 6 nitrogen and oxygen atoms in total. The van der Waals surface area contributed by atoms with E-state index in [-0.39, 0.29) is 29.0 Å². The Morgan fingerprint density at radius 1 is 1.21 bits per heavy atom. The predicted molar refractivity (Wildman–Crippen MR) is 113 cm³/mol. The first-order valence-electron chi connectivity index (χ1n) is 9.91. The summed E-state index contributed by atoms with van der Waals surface area (Å²) in [6.45, 7) is 3.18. The number of piperazine rings is 1. The summed E-state index contributed by atoms with van der Waals surface area (Å²) in [5.41, 5.74) is 1.54. The Morgan fingerprint density at radius 2 is 1.90 bits per heavy atom. The van der Waals surface area contributed by atoms with Crippen molar-refractivity contribution in [1.29, 1.82) is 5.26 Å². The molecular weight excluding hydrogens is 384 g/mol. The van der Waals surface area contributed by atoms with Crippen LogP contribution in [0.2, 0.25) is 0 Å². The highest BCUT2D eigenvalue weighted by Gasteiger charge is 2.42. The van der Waals surface area contributed by atoms with Gasteiger partial charge in [-0.05, 0) is 37.5 Å². The average molecular weight is 409 g/mol. The lowest BCUT2D eigenvalue weighted by Crippen LogP contribution is -2.56. The molecule has 7 heteroatoms. The standard InChI is InChI=1S/C22H24N4O2S/c1-16(18-5-3-2-4-6-18)29(28)15-22(27)25-13-19-8-9-20(14-25)26(19)21-10-7-17(11-23)12-24-21/h2-7,10,12,16,19-20H,8-9,13-15H2,1H3/t16?,19-,20?,29?/m0/s1. The normalized spacial score (nSPS) is 22.8. The molecule has 2 aliphatic heterocycles. The van der Waals surface area contributed by atoms with Gasteiger partial charge < -0.3 is 9.80 Å². The third-order valence-corrected chi connectivity index (χ3v) is 7.50. The number of hydrogen-bond acceptors (Lipinski definition) is 5. The van der Waals surface area contributed by atoms with Crippen LogP contribution in [0.4, 0.5) is 5.82 Å². The molecule has 4 atom stereocenters. The van der Waals surface area contributed by atoms with E-state index >= 15 is 0 Å². The highest BCUT2D eigenvalue weighted by atomic mass is 32.2. The third-order valence-electron chi connectivity index (χ3n) is 5.91. The van der Waals surface area contributed by atoms with Crippen LogP contribution in [-0.4, -0.2) is 50.9 Å². The molecule has 2 aliphatic rings. The molecule has 0 aliphatic carbocycles. The Kier molecular flexibility index (Phi) is 5.63. The topological polar surface area (TPSA) is 77.3 Å². The van der Waals surface area contributed by atoms with Crippen LogP contribution >= 0.6 is 0 Å². The van der Waals surface area contributed by atoms with Crippen LogP contribution in [-0.2, 0) is 15.6 Å². The highest BCUT2D eigenvalue weighted by Crippen LogP contribution is 2.34. The molecule has 0 radical (unpaired) electrons. The molecule has 1 aromatic heterocycles. The number of hydrogen-bond donors (Lipinski definition) is 0. The van der Waals surface area contributed by atoms with E-state index in [0.29, 0.717) is 18.7 Å². The minimum atomic E-state index is -1.25. The van der Waals surface area contributed by atoms with Crippen LogP contribution in [0.25, 0.3) is 0 Å². The second-order valence-electron chi connectivity index (χ2n) is 7.69. The molecular formula is C22H24N4O2S.